The number of rotatable bonds is 21. The molecule has 0 saturated heterocycles. The molecule has 0 atom stereocenters. The van der Waals surface area contributed by atoms with Crippen LogP contribution >= 0.6 is 0 Å². The van der Waals surface area contributed by atoms with Crippen molar-refractivity contribution in [3.63, 3.8) is 0 Å². The molecule has 0 amide bonds. The minimum absolute atomic E-state index is 0.0905. The number of non-ortho nitro benzene ring substituents is 1. The number of carbonyl (C=O) groups excluding carboxylic acids is 1. The van der Waals surface area contributed by atoms with E-state index in [0.717, 1.165) is 36.9 Å². The normalized spacial score (nSPS) is 10.8. The second kappa shape index (κ2) is 31.0. The molecule has 0 radical (unpaired) electrons. The molecule has 3 rings (SSSR count). The molecule has 0 unspecified atom stereocenters. The summed E-state index contributed by atoms with van der Waals surface area (Å²) in [4.78, 5) is 24.3. The van der Waals surface area contributed by atoms with E-state index >= 15 is 0 Å². The Morgan fingerprint density at radius 1 is 0.662 bits per heavy atom. The summed E-state index contributed by atoms with van der Waals surface area (Å²) in [5.41, 5.74) is 2.19. The first-order valence-corrected chi connectivity index (χ1v) is 22.3. The molecule has 0 bridgehead atoms. The predicted molar refractivity (Wildman–Crippen MR) is 261 cm³/mol. The number of phenols is 1. The average molecular weight is 860 g/mol. The number of benzene rings is 2. The van der Waals surface area contributed by atoms with Crippen molar-refractivity contribution in [3.8, 4) is 124 Å². The fourth-order valence-electron chi connectivity index (χ4n) is 7.11. The van der Waals surface area contributed by atoms with Gasteiger partial charge in [-0.2, -0.15) is 4.58 Å². The van der Waals surface area contributed by atoms with Crippen molar-refractivity contribution >= 4 is 29.1 Å². The lowest BCUT2D eigenvalue weighted by atomic mass is 9.81. The number of unbranched alkanes of at least 4 members (excludes halogenated alkanes) is 15. The van der Waals surface area contributed by atoms with Gasteiger partial charge in [-0.3, -0.25) is 10.1 Å². The molecular formula is C58H55N2O5+. The molecule has 1 aliphatic heterocycles. The smallest absolute Gasteiger partial charge is 0.356 e. The summed E-state index contributed by atoms with van der Waals surface area (Å²) >= 11 is 0. The highest BCUT2D eigenvalue weighted by Gasteiger charge is 2.43. The maximum absolute atomic E-state index is 13.0. The maximum Gasteiger partial charge on any atom is 0.356 e. The summed E-state index contributed by atoms with van der Waals surface area (Å²) in [6.45, 7) is 9.04. The number of fused-ring (bicyclic) bond motifs is 1. The second-order valence-electron chi connectivity index (χ2n) is 15.5. The van der Waals surface area contributed by atoms with Crippen molar-refractivity contribution < 1.29 is 24.1 Å². The Bertz CT molecular complexity index is 2740. The third-order valence-corrected chi connectivity index (χ3v) is 10.4. The number of hydrogen-bond acceptors (Lipinski definition) is 5. The Kier molecular flexibility index (Phi) is 24.6. The third kappa shape index (κ3) is 19.4. The summed E-state index contributed by atoms with van der Waals surface area (Å²) in [6.07, 6.45) is 26.5. The van der Waals surface area contributed by atoms with E-state index in [1.54, 1.807) is 13.0 Å². The van der Waals surface area contributed by atoms with Crippen LogP contribution in [-0.4, -0.2) is 32.8 Å². The highest BCUT2D eigenvalue weighted by molar-refractivity contribution is 6.06. The molecule has 65 heavy (non-hydrogen) atoms. The topological polar surface area (TPSA) is 92.7 Å². The number of aromatic hydroxyl groups is 1. The van der Waals surface area contributed by atoms with Gasteiger partial charge < -0.3 is 9.84 Å². The van der Waals surface area contributed by atoms with Gasteiger partial charge in [0.25, 0.3) is 5.69 Å². The van der Waals surface area contributed by atoms with Gasteiger partial charge in [-0.15, -0.1) is 0 Å². The molecule has 2 aromatic carbocycles. The number of esters is 1. The number of ether oxygens (including phenoxy) is 1. The molecule has 0 aromatic heterocycles. The highest BCUT2D eigenvalue weighted by atomic mass is 16.6. The zero-order chi connectivity index (χ0) is 46.8. The molecular weight excluding hydrogens is 805 g/mol. The molecule has 7 nitrogen and oxygen atoms in total. The summed E-state index contributed by atoms with van der Waals surface area (Å²) in [6, 6.07) is 10.5. The van der Waals surface area contributed by atoms with Gasteiger partial charge in [-0.25, -0.2) is 4.79 Å². The van der Waals surface area contributed by atoms with Crippen molar-refractivity contribution in [2.75, 3.05) is 6.54 Å². The maximum atomic E-state index is 13.0. The summed E-state index contributed by atoms with van der Waals surface area (Å²) < 4.78 is 7.27. The van der Waals surface area contributed by atoms with Crippen molar-refractivity contribution in [2.45, 2.75) is 136 Å². The number of nitro groups is 1. The quantitative estimate of drug-likeness (QED) is 0.0337. The van der Waals surface area contributed by atoms with Gasteiger partial charge in [-0.1, -0.05) is 121 Å². The highest BCUT2D eigenvalue weighted by Crippen LogP contribution is 2.40. The molecule has 0 aliphatic carbocycles. The molecule has 0 spiro atoms. The SMILES string of the molecule is CC#CC#CC#CC#CC#CC#CC#CC#CC#CC#COC(=O)c1cc([N+](=O)[O-])cc(/C=C/C2=[N+](CCCCCCCCCCCCCCCCCC)c3ccccc3C2(C)C)c1O. The van der Waals surface area contributed by atoms with E-state index in [0.29, 0.717) is 0 Å². The number of carbonyl (C=O) groups is 1. The van der Waals surface area contributed by atoms with Gasteiger partial charge in [0.15, 0.2) is 5.71 Å². The molecule has 326 valence electrons. The van der Waals surface area contributed by atoms with Crippen LogP contribution in [0, 0.1) is 129 Å². The third-order valence-electron chi connectivity index (χ3n) is 10.4. The van der Waals surface area contributed by atoms with E-state index in [4.69, 9.17) is 4.74 Å². The zero-order valence-electron chi connectivity index (χ0n) is 38.1. The summed E-state index contributed by atoms with van der Waals surface area (Å²) in [5.74, 6) is 45.8. The number of nitrogens with zero attached hydrogens (tertiary/aromatic N) is 2. The summed E-state index contributed by atoms with van der Waals surface area (Å²) in [7, 11) is 0. The van der Waals surface area contributed by atoms with Crippen LogP contribution in [0.3, 0.4) is 0 Å². The van der Waals surface area contributed by atoms with E-state index in [2.05, 4.69) is 156 Å². The van der Waals surface area contributed by atoms with Crippen LogP contribution in [0.1, 0.15) is 152 Å². The molecule has 0 fully saturated rings. The average Bonchev–Trinajstić information content (AvgIpc) is 3.51. The number of nitro benzene ring substituents is 1. The van der Waals surface area contributed by atoms with E-state index in [1.165, 1.54) is 102 Å². The van der Waals surface area contributed by atoms with Crippen LogP contribution in [-0.2, 0) is 10.2 Å². The van der Waals surface area contributed by atoms with Gasteiger partial charge in [0.1, 0.15) is 24.0 Å². The van der Waals surface area contributed by atoms with E-state index < -0.39 is 27.9 Å². The monoisotopic (exact) mass is 859 g/mol. The first-order chi connectivity index (χ1) is 31.7. The van der Waals surface area contributed by atoms with Crippen LogP contribution in [0.5, 0.6) is 5.75 Å². The number of allylic oxidation sites excluding steroid dienone is 1. The van der Waals surface area contributed by atoms with Crippen LogP contribution in [0.2, 0.25) is 0 Å². The van der Waals surface area contributed by atoms with Crippen molar-refractivity contribution in [3.05, 3.63) is 69.3 Å². The van der Waals surface area contributed by atoms with Crippen LogP contribution in [0.4, 0.5) is 11.4 Å². The van der Waals surface area contributed by atoms with Crippen molar-refractivity contribution in [1.82, 2.24) is 0 Å². The van der Waals surface area contributed by atoms with E-state index in [9.17, 15) is 20.0 Å². The lowest BCUT2D eigenvalue weighted by Gasteiger charge is -2.15. The minimum atomic E-state index is -1.08. The number of hydrogen-bond donors (Lipinski definition) is 1. The fourth-order valence-corrected chi connectivity index (χ4v) is 7.11. The van der Waals surface area contributed by atoms with E-state index in [-0.39, 0.29) is 11.0 Å². The first-order valence-electron chi connectivity index (χ1n) is 22.3. The largest absolute Gasteiger partial charge is 0.506 e. The van der Waals surface area contributed by atoms with Crippen LogP contribution < -0.4 is 0 Å². The zero-order valence-corrected chi connectivity index (χ0v) is 38.1. The first kappa shape index (κ1) is 51.5. The molecule has 7 heteroatoms. The Labute approximate surface area is 387 Å². The Hall–Kier alpha value is -7.88. The predicted octanol–water partition coefficient (Wildman–Crippen LogP) is 10.8. The molecule has 0 saturated carbocycles. The Morgan fingerprint density at radius 3 is 1.58 bits per heavy atom. The van der Waals surface area contributed by atoms with Crippen LogP contribution in [0.15, 0.2) is 42.5 Å². The lowest BCUT2D eigenvalue weighted by Crippen LogP contribution is -2.27. The standard InChI is InChI=1S/C58H54N2O5/c1-5-7-9-11-13-15-17-19-21-23-24-25-27-29-31-33-35-37-41-47-65-57(62)52-49-51(60(63)64)48-50(56(52)61)44-45-55-58(3,4)53-42-38-39-43-54(53)59(55)46-40-36-34-32-30-28-26-22-20-18-16-14-12-10-8-6-2/h38-39,42-45,48-49H,6,8,10,12,14,16,18,20,22,26,28,30,32,34,36,40,46H2,1-4H3/p+1. The molecule has 1 N–H and O–H groups in total. The van der Waals surface area contributed by atoms with Crippen molar-refractivity contribution in [2.24, 2.45) is 0 Å². The minimum Gasteiger partial charge on any atom is -0.506 e. The lowest BCUT2D eigenvalue weighted by molar-refractivity contribution is -0.438. The molecule has 2 aromatic rings. The van der Waals surface area contributed by atoms with Gasteiger partial charge in [-0.05, 0) is 80.6 Å². The Balaban J connectivity index is 1.60. The van der Waals surface area contributed by atoms with Gasteiger partial charge in [0.2, 0.25) is 5.69 Å². The summed E-state index contributed by atoms with van der Waals surface area (Å²) in [5, 5.41) is 23.1. The van der Waals surface area contributed by atoms with Crippen molar-refractivity contribution in [1.29, 1.82) is 0 Å². The fraction of sp³-hybridized carbons (Fsp3) is 0.379. The van der Waals surface area contributed by atoms with E-state index in [1.807, 2.05) is 18.2 Å². The molecule has 1 aliphatic rings. The van der Waals surface area contributed by atoms with Gasteiger partial charge >= 0.3 is 5.97 Å². The van der Waals surface area contributed by atoms with Crippen LogP contribution in [0.25, 0.3) is 6.08 Å². The second-order valence-corrected chi connectivity index (χ2v) is 15.5. The Morgan fingerprint density at radius 2 is 1.11 bits per heavy atom. The molecule has 1 heterocycles. The number of phenolic OH excluding ortho intramolecular Hbond substituents is 1. The van der Waals surface area contributed by atoms with Gasteiger partial charge in [0, 0.05) is 101 Å². The van der Waals surface area contributed by atoms with Gasteiger partial charge in [0.05, 0.1) is 10.3 Å². The number of para-hydroxylation sites is 1.